The Morgan fingerprint density at radius 2 is 2.16 bits per heavy atom. The largest absolute Gasteiger partial charge is 0.486 e. The molecule has 0 aliphatic heterocycles. The number of aryl methyl sites for hydroxylation is 1. The molecule has 0 fully saturated rings. The van der Waals surface area contributed by atoms with Gasteiger partial charge < -0.3 is 15.2 Å². The topological polar surface area (TPSA) is 57.4 Å². The van der Waals surface area contributed by atoms with Gasteiger partial charge in [-0.3, -0.25) is 0 Å². The fraction of sp³-hybridized carbons (Fsp3) is 0.214. The van der Waals surface area contributed by atoms with Gasteiger partial charge in [0.05, 0.1) is 12.7 Å². The molecule has 1 aromatic carbocycles. The molecule has 1 aromatic heterocycles. The Kier molecular flexibility index (Phi) is 3.85. The van der Waals surface area contributed by atoms with Crippen molar-refractivity contribution >= 4 is 5.69 Å². The van der Waals surface area contributed by atoms with E-state index in [2.05, 4.69) is 4.98 Å². The Morgan fingerprint density at radius 1 is 1.37 bits per heavy atom. The number of anilines is 1. The van der Waals surface area contributed by atoms with Crippen molar-refractivity contribution in [3.63, 3.8) is 0 Å². The first-order valence-corrected chi connectivity index (χ1v) is 5.78. The summed E-state index contributed by atoms with van der Waals surface area (Å²) in [6.07, 6.45) is 1.62. The maximum atomic E-state index is 13.7. The van der Waals surface area contributed by atoms with Crippen LogP contribution in [-0.2, 0) is 6.61 Å². The molecule has 0 amide bonds. The third-order valence-corrected chi connectivity index (χ3v) is 2.75. The van der Waals surface area contributed by atoms with Gasteiger partial charge in [0, 0.05) is 18.0 Å². The third-order valence-electron chi connectivity index (χ3n) is 2.75. The van der Waals surface area contributed by atoms with E-state index in [0.717, 1.165) is 11.1 Å². The molecule has 19 heavy (non-hydrogen) atoms. The molecular weight excluding hydrogens is 247 g/mol. The van der Waals surface area contributed by atoms with Crippen molar-refractivity contribution in [3.8, 4) is 11.6 Å². The fourth-order valence-corrected chi connectivity index (χ4v) is 1.65. The van der Waals surface area contributed by atoms with Crippen LogP contribution in [0.4, 0.5) is 10.1 Å². The summed E-state index contributed by atoms with van der Waals surface area (Å²) in [5.41, 5.74) is 7.54. The summed E-state index contributed by atoms with van der Waals surface area (Å²) in [6, 6.07) is 6.42. The van der Waals surface area contributed by atoms with Crippen LogP contribution in [0.15, 0.2) is 30.5 Å². The highest BCUT2D eigenvalue weighted by Crippen LogP contribution is 2.25. The summed E-state index contributed by atoms with van der Waals surface area (Å²) in [4.78, 5) is 4.05. The van der Waals surface area contributed by atoms with E-state index in [9.17, 15) is 4.39 Å². The molecule has 4 nitrogen and oxygen atoms in total. The van der Waals surface area contributed by atoms with Crippen molar-refractivity contribution in [1.82, 2.24) is 4.98 Å². The molecular formula is C14H15FN2O2. The highest BCUT2D eigenvalue weighted by molar-refractivity contribution is 5.50. The molecule has 2 N–H and O–H groups in total. The van der Waals surface area contributed by atoms with E-state index < -0.39 is 5.82 Å². The van der Waals surface area contributed by atoms with Crippen LogP contribution in [0.5, 0.6) is 11.6 Å². The minimum atomic E-state index is -0.481. The lowest BCUT2D eigenvalue weighted by atomic mass is 10.2. The highest BCUT2D eigenvalue weighted by atomic mass is 19.1. The zero-order valence-electron chi connectivity index (χ0n) is 10.8. The number of nitrogen functional groups attached to an aromatic ring is 1. The standard InChI is InChI=1S/C14H15FN2O2/c1-9-6-13(11(15)7-12(9)16)19-8-10-4-3-5-17-14(10)18-2/h3-7H,8,16H2,1-2H3. The molecule has 0 aliphatic rings. The van der Waals surface area contributed by atoms with Gasteiger partial charge in [0.2, 0.25) is 5.88 Å². The van der Waals surface area contributed by atoms with Crippen molar-refractivity contribution in [3.05, 3.63) is 47.4 Å². The quantitative estimate of drug-likeness (QED) is 0.861. The Bertz CT molecular complexity index is 588. The summed E-state index contributed by atoms with van der Waals surface area (Å²) in [7, 11) is 1.53. The van der Waals surface area contributed by atoms with E-state index in [1.54, 1.807) is 25.3 Å². The van der Waals surface area contributed by atoms with E-state index in [4.69, 9.17) is 15.2 Å². The van der Waals surface area contributed by atoms with Crippen molar-refractivity contribution in [1.29, 1.82) is 0 Å². The molecule has 0 radical (unpaired) electrons. The van der Waals surface area contributed by atoms with Gasteiger partial charge in [0.25, 0.3) is 0 Å². The zero-order chi connectivity index (χ0) is 13.8. The lowest BCUT2D eigenvalue weighted by molar-refractivity contribution is 0.280. The number of benzene rings is 1. The first kappa shape index (κ1) is 13.1. The van der Waals surface area contributed by atoms with Crippen LogP contribution < -0.4 is 15.2 Å². The molecule has 1 heterocycles. The van der Waals surface area contributed by atoms with E-state index in [1.807, 2.05) is 6.07 Å². The van der Waals surface area contributed by atoms with Gasteiger partial charge in [-0.1, -0.05) is 0 Å². The van der Waals surface area contributed by atoms with Gasteiger partial charge in [-0.05, 0) is 30.7 Å². The number of pyridine rings is 1. The lowest BCUT2D eigenvalue weighted by Gasteiger charge is -2.11. The molecule has 0 saturated carbocycles. The van der Waals surface area contributed by atoms with Crippen LogP contribution in [0.3, 0.4) is 0 Å². The van der Waals surface area contributed by atoms with Crippen molar-refractivity contribution < 1.29 is 13.9 Å². The average molecular weight is 262 g/mol. The number of hydrogen-bond acceptors (Lipinski definition) is 4. The molecule has 0 unspecified atom stereocenters. The second-order valence-corrected chi connectivity index (χ2v) is 4.10. The summed E-state index contributed by atoms with van der Waals surface area (Å²) in [6.45, 7) is 1.98. The molecule has 100 valence electrons. The molecule has 0 saturated heterocycles. The normalized spacial score (nSPS) is 10.3. The van der Waals surface area contributed by atoms with Gasteiger partial charge in [0.1, 0.15) is 6.61 Å². The number of nitrogens with two attached hydrogens (primary N) is 1. The molecule has 0 aliphatic carbocycles. The van der Waals surface area contributed by atoms with Gasteiger partial charge in [0.15, 0.2) is 11.6 Å². The second kappa shape index (κ2) is 5.56. The van der Waals surface area contributed by atoms with E-state index in [1.165, 1.54) is 13.2 Å². The van der Waals surface area contributed by atoms with E-state index in [0.29, 0.717) is 11.6 Å². The van der Waals surface area contributed by atoms with Gasteiger partial charge in [-0.25, -0.2) is 9.37 Å². The van der Waals surface area contributed by atoms with E-state index in [-0.39, 0.29) is 12.4 Å². The Labute approximate surface area is 111 Å². The van der Waals surface area contributed by atoms with Gasteiger partial charge in [-0.2, -0.15) is 0 Å². The summed E-state index contributed by atoms with van der Waals surface area (Å²) >= 11 is 0. The van der Waals surface area contributed by atoms with Crippen LogP contribution in [0.25, 0.3) is 0 Å². The number of aromatic nitrogens is 1. The minimum absolute atomic E-state index is 0.164. The number of rotatable bonds is 4. The Hall–Kier alpha value is -2.30. The zero-order valence-corrected chi connectivity index (χ0v) is 10.8. The first-order valence-electron chi connectivity index (χ1n) is 5.78. The molecule has 5 heteroatoms. The lowest BCUT2D eigenvalue weighted by Crippen LogP contribution is -2.02. The summed E-state index contributed by atoms with van der Waals surface area (Å²) in [5.74, 6) is 0.152. The highest BCUT2D eigenvalue weighted by Gasteiger charge is 2.09. The Balaban J connectivity index is 2.17. The molecule has 0 spiro atoms. The molecule has 2 aromatic rings. The SMILES string of the molecule is COc1ncccc1COc1cc(C)c(N)cc1F. The number of methoxy groups -OCH3 is 1. The van der Waals surface area contributed by atoms with Gasteiger partial charge in [-0.15, -0.1) is 0 Å². The third kappa shape index (κ3) is 2.93. The molecule has 2 rings (SSSR count). The van der Waals surface area contributed by atoms with Crippen LogP contribution in [0.2, 0.25) is 0 Å². The maximum absolute atomic E-state index is 13.7. The number of nitrogens with zero attached hydrogens (tertiary/aromatic N) is 1. The smallest absolute Gasteiger partial charge is 0.219 e. The Morgan fingerprint density at radius 3 is 2.89 bits per heavy atom. The first-order chi connectivity index (χ1) is 9.11. The van der Waals surface area contributed by atoms with Crippen molar-refractivity contribution in [2.75, 3.05) is 12.8 Å². The fourth-order valence-electron chi connectivity index (χ4n) is 1.65. The van der Waals surface area contributed by atoms with Crippen LogP contribution >= 0.6 is 0 Å². The van der Waals surface area contributed by atoms with Crippen LogP contribution in [-0.4, -0.2) is 12.1 Å². The second-order valence-electron chi connectivity index (χ2n) is 4.10. The van der Waals surface area contributed by atoms with Crippen LogP contribution in [0, 0.1) is 12.7 Å². The summed E-state index contributed by atoms with van der Waals surface area (Å²) in [5, 5.41) is 0. The minimum Gasteiger partial charge on any atom is -0.486 e. The molecule has 0 bridgehead atoms. The number of hydrogen-bond donors (Lipinski definition) is 1. The number of ether oxygens (including phenoxy) is 2. The van der Waals surface area contributed by atoms with Crippen molar-refractivity contribution in [2.45, 2.75) is 13.5 Å². The van der Waals surface area contributed by atoms with Crippen LogP contribution in [0.1, 0.15) is 11.1 Å². The summed E-state index contributed by atoms with van der Waals surface area (Å²) < 4.78 is 24.2. The maximum Gasteiger partial charge on any atom is 0.219 e. The average Bonchev–Trinajstić information content (AvgIpc) is 2.41. The predicted molar refractivity (Wildman–Crippen MR) is 70.7 cm³/mol. The van der Waals surface area contributed by atoms with E-state index >= 15 is 0 Å². The van der Waals surface area contributed by atoms with Crippen molar-refractivity contribution in [2.24, 2.45) is 0 Å². The van der Waals surface area contributed by atoms with Gasteiger partial charge >= 0.3 is 0 Å². The molecule has 0 atom stereocenters. The predicted octanol–water partition coefficient (Wildman–Crippen LogP) is 2.70. The number of halogens is 1. The monoisotopic (exact) mass is 262 g/mol.